The molecule has 4 heteroatoms. The molecule has 0 saturated heterocycles. The smallest absolute Gasteiger partial charge is 0.1000 e. The molecule has 0 aliphatic heterocycles. The molecule has 1 aromatic rings. The molecule has 1 aromatic heterocycles. The zero-order valence-electron chi connectivity index (χ0n) is 11.1. The van der Waals surface area contributed by atoms with Crippen LogP contribution in [0.3, 0.4) is 0 Å². The lowest BCUT2D eigenvalue weighted by Gasteiger charge is -2.56. The molecule has 4 fully saturated rings. The summed E-state index contributed by atoms with van der Waals surface area (Å²) in [7, 11) is 2.04. The molecule has 0 aromatic carbocycles. The molecule has 0 atom stereocenters. The van der Waals surface area contributed by atoms with Gasteiger partial charge in [-0.3, -0.25) is 4.68 Å². The highest BCUT2D eigenvalue weighted by Crippen LogP contribution is 2.60. The predicted octanol–water partition coefficient (Wildman–Crippen LogP) is 1.74. The van der Waals surface area contributed by atoms with Crippen molar-refractivity contribution in [2.24, 2.45) is 30.5 Å². The fourth-order valence-corrected chi connectivity index (χ4v) is 5.59. The first-order valence-electron chi connectivity index (χ1n) is 7.29. The topological polar surface area (TPSA) is 56.7 Å². The van der Waals surface area contributed by atoms with Crippen LogP contribution in [0.25, 0.3) is 0 Å². The first-order chi connectivity index (χ1) is 8.70. The molecule has 1 heterocycles. The van der Waals surface area contributed by atoms with E-state index in [2.05, 4.69) is 10.3 Å². The van der Waals surface area contributed by atoms with Crippen molar-refractivity contribution in [1.82, 2.24) is 15.0 Å². The summed E-state index contributed by atoms with van der Waals surface area (Å²) in [4.78, 5) is 0. The fourth-order valence-electron chi connectivity index (χ4n) is 5.59. The molecule has 4 aliphatic rings. The van der Waals surface area contributed by atoms with Gasteiger partial charge in [-0.1, -0.05) is 5.21 Å². The van der Waals surface area contributed by atoms with Gasteiger partial charge in [-0.15, -0.1) is 5.10 Å². The molecule has 4 aliphatic carbocycles. The summed E-state index contributed by atoms with van der Waals surface area (Å²) in [5.41, 5.74) is 8.64. The van der Waals surface area contributed by atoms with Crippen molar-refractivity contribution in [3.8, 4) is 0 Å². The van der Waals surface area contributed by atoms with Crippen molar-refractivity contribution in [3.63, 3.8) is 0 Å². The van der Waals surface area contributed by atoms with E-state index in [9.17, 15) is 0 Å². The summed E-state index contributed by atoms with van der Waals surface area (Å²) in [6.45, 7) is 0.533. The molecule has 18 heavy (non-hydrogen) atoms. The van der Waals surface area contributed by atoms with Gasteiger partial charge in [0.1, 0.15) is 0 Å². The maximum absolute atomic E-state index is 5.87. The minimum atomic E-state index is 0.363. The van der Waals surface area contributed by atoms with Crippen LogP contribution in [0.15, 0.2) is 0 Å². The van der Waals surface area contributed by atoms with E-state index in [1.54, 1.807) is 0 Å². The number of aromatic nitrogens is 3. The van der Waals surface area contributed by atoms with Gasteiger partial charge in [0.05, 0.1) is 11.4 Å². The third-order valence-corrected chi connectivity index (χ3v) is 5.63. The van der Waals surface area contributed by atoms with Crippen molar-refractivity contribution < 1.29 is 0 Å². The molecule has 0 radical (unpaired) electrons. The molecule has 0 unspecified atom stereocenters. The van der Waals surface area contributed by atoms with Gasteiger partial charge >= 0.3 is 0 Å². The third-order valence-electron chi connectivity index (χ3n) is 5.63. The maximum Gasteiger partial charge on any atom is 0.1000 e. The van der Waals surface area contributed by atoms with E-state index in [0.717, 1.165) is 23.4 Å². The van der Waals surface area contributed by atoms with Gasteiger partial charge in [-0.05, 0) is 56.3 Å². The second kappa shape index (κ2) is 3.56. The first kappa shape index (κ1) is 11.0. The van der Waals surface area contributed by atoms with Crippen LogP contribution in [0.2, 0.25) is 0 Å². The minimum absolute atomic E-state index is 0.363. The van der Waals surface area contributed by atoms with E-state index < -0.39 is 0 Å². The Morgan fingerprint density at radius 1 is 1.17 bits per heavy atom. The van der Waals surface area contributed by atoms with E-state index in [1.807, 2.05) is 11.7 Å². The molecular weight excluding hydrogens is 224 g/mol. The first-order valence-corrected chi connectivity index (χ1v) is 7.29. The third kappa shape index (κ3) is 1.35. The SMILES string of the molecule is Cn1nnc(CN)c1C12CC3CC(CC(C3)C1)C2. The molecule has 5 rings (SSSR count). The summed E-state index contributed by atoms with van der Waals surface area (Å²) in [5, 5.41) is 8.51. The molecule has 4 nitrogen and oxygen atoms in total. The number of rotatable bonds is 2. The Bertz CT molecular complexity index is 441. The van der Waals surface area contributed by atoms with Crippen molar-refractivity contribution >= 4 is 0 Å². The Morgan fingerprint density at radius 3 is 2.22 bits per heavy atom. The van der Waals surface area contributed by atoms with Crippen molar-refractivity contribution in [1.29, 1.82) is 0 Å². The highest BCUT2D eigenvalue weighted by molar-refractivity contribution is 5.26. The molecule has 2 N–H and O–H groups in total. The molecular formula is C14H22N4. The number of nitrogens with two attached hydrogens (primary N) is 1. The normalized spacial score (nSPS) is 41.6. The van der Waals surface area contributed by atoms with Crippen LogP contribution in [0.5, 0.6) is 0 Å². The minimum Gasteiger partial charge on any atom is -0.325 e. The largest absolute Gasteiger partial charge is 0.325 e. The zero-order valence-corrected chi connectivity index (χ0v) is 11.1. The van der Waals surface area contributed by atoms with E-state index in [-0.39, 0.29) is 0 Å². The van der Waals surface area contributed by atoms with Crippen molar-refractivity contribution in [2.45, 2.75) is 50.5 Å². The Kier molecular flexibility index (Phi) is 2.17. The van der Waals surface area contributed by atoms with Crippen molar-refractivity contribution in [2.75, 3.05) is 0 Å². The van der Waals surface area contributed by atoms with Gasteiger partial charge in [0.25, 0.3) is 0 Å². The van der Waals surface area contributed by atoms with Crippen LogP contribution in [0.1, 0.15) is 49.9 Å². The predicted molar refractivity (Wildman–Crippen MR) is 68.7 cm³/mol. The number of nitrogens with zero attached hydrogens (tertiary/aromatic N) is 3. The van der Waals surface area contributed by atoms with Crippen LogP contribution < -0.4 is 5.73 Å². The van der Waals surface area contributed by atoms with E-state index in [1.165, 1.54) is 44.2 Å². The fraction of sp³-hybridized carbons (Fsp3) is 0.857. The van der Waals surface area contributed by atoms with Gasteiger partial charge in [-0.25, -0.2) is 0 Å². The summed E-state index contributed by atoms with van der Waals surface area (Å²) < 4.78 is 2.01. The van der Waals surface area contributed by atoms with Crippen LogP contribution in [-0.2, 0) is 19.0 Å². The molecule has 0 spiro atoms. The lowest BCUT2D eigenvalue weighted by atomic mass is 9.48. The molecule has 98 valence electrons. The average Bonchev–Trinajstić information content (AvgIpc) is 2.69. The zero-order chi connectivity index (χ0) is 12.3. The summed E-state index contributed by atoms with van der Waals surface area (Å²) in [6, 6.07) is 0. The molecule has 4 bridgehead atoms. The van der Waals surface area contributed by atoms with E-state index >= 15 is 0 Å². The monoisotopic (exact) mass is 246 g/mol. The van der Waals surface area contributed by atoms with Crippen LogP contribution in [0, 0.1) is 17.8 Å². The number of hydrogen-bond acceptors (Lipinski definition) is 3. The Hall–Kier alpha value is -0.900. The van der Waals surface area contributed by atoms with Gasteiger partial charge in [0.2, 0.25) is 0 Å². The van der Waals surface area contributed by atoms with E-state index in [4.69, 9.17) is 5.73 Å². The average molecular weight is 246 g/mol. The maximum atomic E-state index is 5.87. The quantitative estimate of drug-likeness (QED) is 0.864. The lowest BCUT2D eigenvalue weighted by molar-refractivity contribution is -0.00929. The second-order valence-electron chi connectivity index (χ2n) is 6.91. The Labute approximate surface area is 108 Å². The van der Waals surface area contributed by atoms with Gasteiger partial charge in [-0.2, -0.15) is 0 Å². The molecule has 4 saturated carbocycles. The standard InChI is InChI=1S/C14H22N4/c1-18-13(12(8-15)16-17-18)14-5-9-2-10(6-14)4-11(3-9)7-14/h9-11H,2-8,15H2,1H3. The van der Waals surface area contributed by atoms with Crippen LogP contribution in [0.4, 0.5) is 0 Å². The van der Waals surface area contributed by atoms with Crippen LogP contribution in [-0.4, -0.2) is 15.0 Å². The second-order valence-corrected chi connectivity index (χ2v) is 6.91. The summed E-state index contributed by atoms with van der Waals surface area (Å²) >= 11 is 0. The van der Waals surface area contributed by atoms with Crippen molar-refractivity contribution in [3.05, 3.63) is 11.4 Å². The highest BCUT2D eigenvalue weighted by atomic mass is 15.4. The van der Waals surface area contributed by atoms with Crippen LogP contribution >= 0.6 is 0 Å². The van der Waals surface area contributed by atoms with Gasteiger partial charge < -0.3 is 5.73 Å². The summed E-state index contributed by atoms with van der Waals surface area (Å²) in [6.07, 6.45) is 8.49. The summed E-state index contributed by atoms with van der Waals surface area (Å²) in [5.74, 6) is 2.87. The Balaban J connectivity index is 1.81. The van der Waals surface area contributed by atoms with Gasteiger partial charge in [0, 0.05) is 19.0 Å². The number of aryl methyl sites for hydroxylation is 1. The number of hydrogen-bond donors (Lipinski definition) is 1. The Morgan fingerprint density at radius 2 is 1.72 bits per heavy atom. The van der Waals surface area contributed by atoms with E-state index in [0.29, 0.717) is 12.0 Å². The highest BCUT2D eigenvalue weighted by Gasteiger charge is 2.53. The molecule has 0 amide bonds. The van der Waals surface area contributed by atoms with Gasteiger partial charge in [0.15, 0.2) is 0 Å². The lowest BCUT2D eigenvalue weighted by Crippen LogP contribution is -2.49.